The number of alkyl halides is 3. The fraction of sp³-hybridized carbons (Fsp3) is 0.333. The summed E-state index contributed by atoms with van der Waals surface area (Å²) in [5.41, 5.74) is 5.22. The molecule has 0 atom stereocenters. The van der Waals surface area contributed by atoms with Crippen LogP contribution in [0.2, 0.25) is 5.02 Å². The van der Waals surface area contributed by atoms with E-state index in [2.05, 4.69) is 5.32 Å². The van der Waals surface area contributed by atoms with Crippen molar-refractivity contribution in [1.82, 2.24) is 0 Å². The van der Waals surface area contributed by atoms with Crippen LogP contribution in [0.5, 0.6) is 0 Å². The maximum Gasteiger partial charge on any atom is 0.390 e. The van der Waals surface area contributed by atoms with Gasteiger partial charge in [0, 0.05) is 11.6 Å². The van der Waals surface area contributed by atoms with Crippen LogP contribution in [-0.4, -0.2) is 12.7 Å². The predicted molar refractivity (Wildman–Crippen MR) is 55.0 cm³/mol. The van der Waals surface area contributed by atoms with Gasteiger partial charge in [0.05, 0.1) is 17.8 Å². The smallest absolute Gasteiger partial charge is 0.390 e. The number of benzene rings is 1. The molecular formula is C9H9ClF4N2. The number of hydrogen-bond acceptors (Lipinski definition) is 2. The Morgan fingerprint density at radius 1 is 1.31 bits per heavy atom. The second-order valence-electron chi connectivity index (χ2n) is 3.14. The Labute approximate surface area is 94.4 Å². The van der Waals surface area contributed by atoms with Crippen LogP contribution in [0.25, 0.3) is 0 Å². The second kappa shape index (κ2) is 4.78. The standard InChI is InChI=1S/C9H9ClF4N2/c10-5-3-6(11)8(7(15)4-5)16-2-1-9(12,13)14/h3-4,16H,1-2,15H2. The van der Waals surface area contributed by atoms with E-state index >= 15 is 0 Å². The van der Waals surface area contributed by atoms with E-state index in [-0.39, 0.29) is 16.4 Å². The zero-order chi connectivity index (χ0) is 12.3. The molecule has 0 unspecified atom stereocenters. The average Bonchev–Trinajstić information content (AvgIpc) is 2.07. The summed E-state index contributed by atoms with van der Waals surface area (Å²) in [7, 11) is 0. The minimum absolute atomic E-state index is 0.0211. The number of hydrogen-bond donors (Lipinski definition) is 2. The van der Waals surface area contributed by atoms with E-state index in [9.17, 15) is 17.6 Å². The van der Waals surface area contributed by atoms with Crippen molar-refractivity contribution in [2.75, 3.05) is 17.6 Å². The predicted octanol–water partition coefficient (Wildman–Crippen LogP) is 3.43. The van der Waals surface area contributed by atoms with E-state index in [0.717, 1.165) is 6.07 Å². The summed E-state index contributed by atoms with van der Waals surface area (Å²) in [4.78, 5) is 0. The van der Waals surface area contributed by atoms with Gasteiger partial charge in [-0.25, -0.2) is 4.39 Å². The summed E-state index contributed by atoms with van der Waals surface area (Å²) >= 11 is 5.50. The fourth-order valence-electron chi connectivity index (χ4n) is 1.11. The van der Waals surface area contributed by atoms with Crippen molar-refractivity contribution >= 4 is 23.0 Å². The monoisotopic (exact) mass is 256 g/mol. The van der Waals surface area contributed by atoms with E-state index in [1.165, 1.54) is 6.07 Å². The molecule has 1 aromatic carbocycles. The molecule has 1 rings (SSSR count). The molecule has 0 aromatic heterocycles. The number of rotatable bonds is 3. The first-order valence-electron chi connectivity index (χ1n) is 4.35. The molecule has 0 radical (unpaired) electrons. The lowest BCUT2D eigenvalue weighted by molar-refractivity contribution is -0.131. The molecule has 0 saturated carbocycles. The van der Waals surface area contributed by atoms with Crippen LogP contribution in [0.4, 0.5) is 28.9 Å². The van der Waals surface area contributed by atoms with Crippen molar-refractivity contribution in [3.8, 4) is 0 Å². The third-order valence-corrected chi connectivity index (χ3v) is 2.01. The summed E-state index contributed by atoms with van der Waals surface area (Å²) in [6.07, 6.45) is -5.35. The Morgan fingerprint density at radius 2 is 1.94 bits per heavy atom. The van der Waals surface area contributed by atoms with E-state index < -0.39 is 25.0 Å². The number of nitrogens with two attached hydrogens (primary N) is 1. The molecule has 0 aliphatic rings. The first-order chi connectivity index (χ1) is 7.29. The highest BCUT2D eigenvalue weighted by molar-refractivity contribution is 6.31. The number of nitrogen functional groups attached to an aromatic ring is 1. The molecule has 2 nitrogen and oxygen atoms in total. The number of nitrogens with one attached hydrogen (secondary N) is 1. The van der Waals surface area contributed by atoms with Gasteiger partial charge < -0.3 is 11.1 Å². The van der Waals surface area contributed by atoms with E-state index in [4.69, 9.17) is 17.3 Å². The topological polar surface area (TPSA) is 38.0 Å². The normalized spacial score (nSPS) is 11.6. The van der Waals surface area contributed by atoms with Crippen molar-refractivity contribution in [3.05, 3.63) is 23.0 Å². The van der Waals surface area contributed by atoms with Crippen molar-refractivity contribution < 1.29 is 17.6 Å². The van der Waals surface area contributed by atoms with Gasteiger partial charge in [-0.2, -0.15) is 13.2 Å². The SMILES string of the molecule is Nc1cc(Cl)cc(F)c1NCCC(F)(F)F. The highest BCUT2D eigenvalue weighted by Crippen LogP contribution is 2.27. The van der Waals surface area contributed by atoms with Gasteiger partial charge in [-0.15, -0.1) is 0 Å². The van der Waals surface area contributed by atoms with Gasteiger partial charge >= 0.3 is 6.18 Å². The molecule has 0 saturated heterocycles. The first kappa shape index (κ1) is 12.9. The van der Waals surface area contributed by atoms with E-state index in [1.807, 2.05) is 0 Å². The molecule has 0 bridgehead atoms. The molecule has 0 fully saturated rings. The van der Waals surface area contributed by atoms with Gasteiger partial charge in [0.25, 0.3) is 0 Å². The largest absolute Gasteiger partial charge is 0.397 e. The van der Waals surface area contributed by atoms with E-state index in [0.29, 0.717) is 0 Å². The van der Waals surface area contributed by atoms with Crippen LogP contribution < -0.4 is 11.1 Å². The lowest BCUT2D eigenvalue weighted by Gasteiger charge is -2.12. The minimum Gasteiger partial charge on any atom is -0.397 e. The third-order valence-electron chi connectivity index (χ3n) is 1.80. The lowest BCUT2D eigenvalue weighted by atomic mass is 10.2. The maximum atomic E-state index is 13.2. The van der Waals surface area contributed by atoms with Crippen LogP contribution in [0.15, 0.2) is 12.1 Å². The Balaban J connectivity index is 2.68. The molecular weight excluding hydrogens is 248 g/mol. The van der Waals surface area contributed by atoms with Gasteiger partial charge in [0.1, 0.15) is 5.82 Å². The van der Waals surface area contributed by atoms with Crippen molar-refractivity contribution in [2.45, 2.75) is 12.6 Å². The number of anilines is 2. The Kier molecular flexibility index (Phi) is 3.85. The average molecular weight is 257 g/mol. The molecule has 7 heteroatoms. The van der Waals surface area contributed by atoms with Gasteiger partial charge in [-0.3, -0.25) is 0 Å². The highest BCUT2D eigenvalue weighted by atomic mass is 35.5. The molecule has 0 spiro atoms. The highest BCUT2D eigenvalue weighted by Gasteiger charge is 2.26. The summed E-state index contributed by atoms with van der Waals surface area (Å²) in [6, 6.07) is 2.24. The van der Waals surface area contributed by atoms with Crippen LogP contribution in [-0.2, 0) is 0 Å². The van der Waals surface area contributed by atoms with Crippen LogP contribution >= 0.6 is 11.6 Å². The first-order valence-corrected chi connectivity index (χ1v) is 4.72. The molecule has 0 aliphatic carbocycles. The quantitative estimate of drug-likeness (QED) is 0.642. The van der Waals surface area contributed by atoms with Crippen molar-refractivity contribution in [1.29, 1.82) is 0 Å². The van der Waals surface area contributed by atoms with Crippen molar-refractivity contribution in [2.24, 2.45) is 0 Å². The summed E-state index contributed by atoms with van der Waals surface area (Å²) in [5, 5.41) is 2.38. The molecule has 0 amide bonds. The molecule has 3 N–H and O–H groups in total. The van der Waals surface area contributed by atoms with Gasteiger partial charge in [0.15, 0.2) is 0 Å². The minimum atomic E-state index is -4.29. The van der Waals surface area contributed by atoms with Crippen molar-refractivity contribution in [3.63, 3.8) is 0 Å². The van der Waals surface area contributed by atoms with Gasteiger partial charge in [-0.1, -0.05) is 11.6 Å². The molecule has 0 aliphatic heterocycles. The lowest BCUT2D eigenvalue weighted by Crippen LogP contribution is -2.15. The zero-order valence-electron chi connectivity index (χ0n) is 8.04. The third kappa shape index (κ3) is 3.77. The zero-order valence-corrected chi connectivity index (χ0v) is 8.79. The van der Waals surface area contributed by atoms with Crippen LogP contribution in [0, 0.1) is 5.82 Å². The Morgan fingerprint density at radius 3 is 2.44 bits per heavy atom. The summed E-state index contributed by atoms with van der Waals surface area (Å²) in [5.74, 6) is -0.771. The van der Waals surface area contributed by atoms with Crippen LogP contribution in [0.1, 0.15) is 6.42 Å². The van der Waals surface area contributed by atoms with Gasteiger partial charge in [-0.05, 0) is 12.1 Å². The van der Waals surface area contributed by atoms with E-state index in [1.54, 1.807) is 0 Å². The molecule has 1 aromatic rings. The summed E-state index contributed by atoms with van der Waals surface area (Å²) in [6.45, 7) is -0.438. The molecule has 90 valence electrons. The van der Waals surface area contributed by atoms with Gasteiger partial charge in [0.2, 0.25) is 0 Å². The maximum absolute atomic E-state index is 13.2. The summed E-state index contributed by atoms with van der Waals surface area (Å²) < 4.78 is 48.7. The molecule has 0 heterocycles. The second-order valence-corrected chi connectivity index (χ2v) is 3.58. The van der Waals surface area contributed by atoms with Crippen LogP contribution in [0.3, 0.4) is 0 Å². The number of halogens is 5. The fourth-order valence-corrected chi connectivity index (χ4v) is 1.32. The molecule has 16 heavy (non-hydrogen) atoms. The Hall–Kier alpha value is -1.17. The Bertz CT molecular complexity index is 355.